The van der Waals surface area contributed by atoms with Crippen LogP contribution in [0.1, 0.15) is 12.8 Å². The summed E-state index contributed by atoms with van der Waals surface area (Å²) in [6, 6.07) is 0. The minimum absolute atomic E-state index is 0.159. The summed E-state index contributed by atoms with van der Waals surface area (Å²) < 4.78 is 35.4. The Kier molecular flexibility index (Phi) is 6.26. The highest BCUT2D eigenvalue weighted by atomic mass is 19.4. The third-order valence-electron chi connectivity index (χ3n) is 1.75. The lowest BCUT2D eigenvalue weighted by molar-refractivity contribution is -0.201. The maximum atomic E-state index is 11.8. The highest BCUT2D eigenvalue weighted by Crippen LogP contribution is 2.18. The van der Waals surface area contributed by atoms with E-state index in [0.717, 1.165) is 0 Å². The second-order valence-corrected chi connectivity index (χ2v) is 3.04. The van der Waals surface area contributed by atoms with E-state index in [2.05, 4.69) is 10.6 Å². The number of hydrogen-bond acceptors (Lipinski definition) is 3. The molecule has 0 aromatic rings. The van der Waals surface area contributed by atoms with Crippen molar-refractivity contribution in [2.45, 2.75) is 25.1 Å². The van der Waals surface area contributed by atoms with Crippen molar-refractivity contribution in [3.8, 4) is 0 Å². The number of aliphatic hydroxyl groups excluding tert-OH is 1. The van der Waals surface area contributed by atoms with Crippen molar-refractivity contribution in [1.29, 1.82) is 0 Å². The van der Waals surface area contributed by atoms with E-state index in [4.69, 9.17) is 5.11 Å². The molecule has 1 atom stereocenters. The topological polar surface area (TPSA) is 61.4 Å². The zero-order valence-corrected chi connectivity index (χ0v) is 8.40. The summed E-state index contributed by atoms with van der Waals surface area (Å²) in [7, 11) is 1.49. The fourth-order valence-corrected chi connectivity index (χ4v) is 0.853. The van der Waals surface area contributed by atoms with Crippen molar-refractivity contribution >= 4 is 5.91 Å². The molecule has 90 valence electrons. The van der Waals surface area contributed by atoms with Crippen molar-refractivity contribution in [1.82, 2.24) is 10.6 Å². The summed E-state index contributed by atoms with van der Waals surface area (Å²) in [6.07, 6.45) is -6.25. The molecule has 0 aliphatic heterocycles. The van der Waals surface area contributed by atoms with Crippen LogP contribution < -0.4 is 10.6 Å². The standard InChI is InChI=1S/C8H15F3N2O2/c1-12-7(15)3-2-4-13-5-6(14)8(9,10)11/h6,13-14H,2-5H2,1H3,(H,12,15). The quantitative estimate of drug-likeness (QED) is 0.562. The molecule has 15 heavy (non-hydrogen) atoms. The van der Waals surface area contributed by atoms with Gasteiger partial charge in [0.1, 0.15) is 0 Å². The van der Waals surface area contributed by atoms with Gasteiger partial charge in [-0.05, 0) is 13.0 Å². The Bertz CT molecular complexity index is 197. The minimum atomic E-state index is -4.59. The van der Waals surface area contributed by atoms with Gasteiger partial charge in [-0.3, -0.25) is 4.79 Å². The van der Waals surface area contributed by atoms with Crippen LogP contribution in [0.3, 0.4) is 0 Å². The van der Waals surface area contributed by atoms with Crippen molar-refractivity contribution in [2.75, 3.05) is 20.1 Å². The average molecular weight is 228 g/mol. The second-order valence-electron chi connectivity index (χ2n) is 3.04. The monoisotopic (exact) mass is 228 g/mol. The molecular formula is C8H15F3N2O2. The molecular weight excluding hydrogens is 213 g/mol. The van der Waals surface area contributed by atoms with Gasteiger partial charge < -0.3 is 15.7 Å². The molecule has 7 heteroatoms. The predicted octanol–water partition coefficient (Wildman–Crippen LogP) is 0.0254. The van der Waals surface area contributed by atoms with Gasteiger partial charge in [-0.15, -0.1) is 0 Å². The number of nitrogens with one attached hydrogen (secondary N) is 2. The highest BCUT2D eigenvalue weighted by molar-refractivity contribution is 5.75. The average Bonchev–Trinajstić information content (AvgIpc) is 2.15. The third kappa shape index (κ3) is 7.15. The van der Waals surface area contributed by atoms with Crippen LogP contribution in [0, 0.1) is 0 Å². The first-order valence-electron chi connectivity index (χ1n) is 4.54. The van der Waals surface area contributed by atoms with E-state index in [1.807, 2.05) is 0 Å². The molecule has 0 radical (unpaired) electrons. The second kappa shape index (κ2) is 6.62. The van der Waals surface area contributed by atoms with Crippen molar-refractivity contribution in [2.24, 2.45) is 0 Å². The Morgan fingerprint density at radius 1 is 1.47 bits per heavy atom. The van der Waals surface area contributed by atoms with Crippen LogP contribution >= 0.6 is 0 Å². The van der Waals surface area contributed by atoms with E-state index >= 15 is 0 Å². The lowest BCUT2D eigenvalue weighted by Gasteiger charge is -2.14. The van der Waals surface area contributed by atoms with Gasteiger partial charge in [0, 0.05) is 20.0 Å². The lowest BCUT2D eigenvalue weighted by atomic mass is 10.3. The number of carbonyl (C=O) groups is 1. The van der Waals surface area contributed by atoms with E-state index in [1.54, 1.807) is 0 Å². The first-order valence-corrected chi connectivity index (χ1v) is 4.54. The number of alkyl halides is 3. The summed E-state index contributed by atoms with van der Waals surface area (Å²) in [4.78, 5) is 10.7. The number of amides is 1. The molecule has 0 bridgehead atoms. The van der Waals surface area contributed by atoms with Crippen molar-refractivity contribution < 1.29 is 23.1 Å². The first-order chi connectivity index (χ1) is 6.88. The van der Waals surface area contributed by atoms with E-state index in [-0.39, 0.29) is 18.9 Å². The van der Waals surface area contributed by atoms with E-state index < -0.39 is 18.8 Å². The number of carbonyl (C=O) groups excluding carboxylic acids is 1. The molecule has 0 aromatic heterocycles. The molecule has 3 N–H and O–H groups in total. The molecule has 0 aliphatic rings. The van der Waals surface area contributed by atoms with Gasteiger partial charge in [0.2, 0.25) is 5.91 Å². The van der Waals surface area contributed by atoms with Gasteiger partial charge in [-0.25, -0.2) is 0 Å². The van der Waals surface area contributed by atoms with Crippen LogP contribution in [0.4, 0.5) is 13.2 Å². The fraction of sp³-hybridized carbons (Fsp3) is 0.875. The number of halogens is 3. The first kappa shape index (κ1) is 14.2. The van der Waals surface area contributed by atoms with Crippen LogP contribution in [0.2, 0.25) is 0 Å². The largest absolute Gasteiger partial charge is 0.415 e. The maximum absolute atomic E-state index is 11.8. The molecule has 0 saturated heterocycles. The molecule has 0 aromatic carbocycles. The minimum Gasteiger partial charge on any atom is -0.382 e. The summed E-state index contributed by atoms with van der Waals surface area (Å²) in [5.74, 6) is -0.159. The van der Waals surface area contributed by atoms with Gasteiger partial charge in [0.15, 0.2) is 6.10 Å². The molecule has 0 spiro atoms. The van der Waals surface area contributed by atoms with Crippen LogP contribution in [-0.4, -0.2) is 43.4 Å². The normalized spacial score (nSPS) is 13.7. The molecule has 0 fully saturated rings. The molecule has 0 aliphatic carbocycles. The molecule has 0 saturated carbocycles. The van der Waals surface area contributed by atoms with Crippen LogP contribution in [0.25, 0.3) is 0 Å². The fourth-order valence-electron chi connectivity index (χ4n) is 0.853. The van der Waals surface area contributed by atoms with Gasteiger partial charge in [0.25, 0.3) is 0 Å². The lowest BCUT2D eigenvalue weighted by Crippen LogP contribution is -2.38. The molecule has 0 heterocycles. The van der Waals surface area contributed by atoms with E-state index in [9.17, 15) is 18.0 Å². The summed E-state index contributed by atoms with van der Waals surface area (Å²) in [5.41, 5.74) is 0. The van der Waals surface area contributed by atoms with Gasteiger partial charge in [0.05, 0.1) is 0 Å². The number of rotatable bonds is 6. The number of hydrogen-bond donors (Lipinski definition) is 3. The van der Waals surface area contributed by atoms with Gasteiger partial charge in [-0.1, -0.05) is 0 Å². The number of aliphatic hydroxyl groups is 1. The third-order valence-corrected chi connectivity index (χ3v) is 1.75. The van der Waals surface area contributed by atoms with Crippen LogP contribution in [0.5, 0.6) is 0 Å². The van der Waals surface area contributed by atoms with Gasteiger partial charge in [-0.2, -0.15) is 13.2 Å². The summed E-state index contributed by atoms with van der Waals surface area (Å²) in [5, 5.41) is 13.4. The Morgan fingerprint density at radius 2 is 2.07 bits per heavy atom. The Labute approximate surface area is 85.8 Å². The zero-order valence-electron chi connectivity index (χ0n) is 8.40. The highest BCUT2D eigenvalue weighted by Gasteiger charge is 2.37. The molecule has 1 unspecified atom stereocenters. The molecule has 4 nitrogen and oxygen atoms in total. The summed E-state index contributed by atoms with van der Waals surface area (Å²) in [6.45, 7) is -0.280. The molecule has 1 amide bonds. The SMILES string of the molecule is CNC(=O)CCCNCC(O)C(F)(F)F. The van der Waals surface area contributed by atoms with Gasteiger partial charge >= 0.3 is 6.18 Å². The Morgan fingerprint density at radius 3 is 2.53 bits per heavy atom. The molecule has 0 rings (SSSR count). The van der Waals surface area contributed by atoms with E-state index in [1.165, 1.54) is 7.05 Å². The van der Waals surface area contributed by atoms with Crippen molar-refractivity contribution in [3.05, 3.63) is 0 Å². The summed E-state index contributed by atoms with van der Waals surface area (Å²) >= 11 is 0. The smallest absolute Gasteiger partial charge is 0.382 e. The Balaban J connectivity index is 3.43. The van der Waals surface area contributed by atoms with E-state index in [0.29, 0.717) is 6.42 Å². The Hall–Kier alpha value is -0.820. The van der Waals surface area contributed by atoms with Crippen LogP contribution in [0.15, 0.2) is 0 Å². The zero-order chi connectivity index (χ0) is 11.9. The van der Waals surface area contributed by atoms with Crippen LogP contribution in [-0.2, 0) is 4.79 Å². The predicted molar refractivity (Wildman–Crippen MR) is 48.2 cm³/mol. The maximum Gasteiger partial charge on any atom is 0.415 e. The van der Waals surface area contributed by atoms with Crippen molar-refractivity contribution in [3.63, 3.8) is 0 Å².